The zero-order valence-corrected chi connectivity index (χ0v) is 10.8. The van der Waals surface area contributed by atoms with Crippen molar-refractivity contribution in [3.63, 3.8) is 0 Å². The van der Waals surface area contributed by atoms with E-state index < -0.39 is 0 Å². The summed E-state index contributed by atoms with van der Waals surface area (Å²) in [5.74, 6) is 0.891. The van der Waals surface area contributed by atoms with E-state index >= 15 is 0 Å². The van der Waals surface area contributed by atoms with E-state index in [9.17, 15) is 0 Å². The highest BCUT2D eigenvalue weighted by atomic mass is 32.1. The Morgan fingerprint density at radius 2 is 2.11 bits per heavy atom. The van der Waals surface area contributed by atoms with Gasteiger partial charge in [-0.25, -0.2) is 4.98 Å². The summed E-state index contributed by atoms with van der Waals surface area (Å²) in [6.07, 6.45) is 1.82. The minimum absolute atomic E-state index is 0.859. The van der Waals surface area contributed by atoms with Crippen molar-refractivity contribution in [3.8, 4) is 11.6 Å². The highest BCUT2D eigenvalue weighted by Gasteiger charge is 2.36. The summed E-state index contributed by atoms with van der Waals surface area (Å²) in [5.41, 5.74) is 3.21. The van der Waals surface area contributed by atoms with Gasteiger partial charge in [-0.1, -0.05) is 23.5 Å². The van der Waals surface area contributed by atoms with Gasteiger partial charge in [0.2, 0.25) is 5.58 Å². The fourth-order valence-corrected chi connectivity index (χ4v) is 3.91. The van der Waals surface area contributed by atoms with Crippen molar-refractivity contribution in [2.24, 2.45) is 0 Å². The Hall–Kier alpha value is -2.20. The lowest BCUT2D eigenvalue weighted by molar-refractivity contribution is -0.647. The topological polar surface area (TPSA) is 29.9 Å². The van der Waals surface area contributed by atoms with Gasteiger partial charge in [0.15, 0.2) is 12.2 Å². The number of oxazole rings is 1. The Morgan fingerprint density at radius 3 is 3.11 bits per heavy atom. The molecule has 5 rings (SSSR count). The van der Waals surface area contributed by atoms with Gasteiger partial charge in [-0.3, -0.25) is 0 Å². The van der Waals surface area contributed by atoms with Gasteiger partial charge in [0.1, 0.15) is 0 Å². The second-order valence-electron chi connectivity index (χ2n) is 4.74. The molecule has 1 aliphatic rings. The van der Waals surface area contributed by atoms with E-state index in [1.807, 2.05) is 12.3 Å². The molecule has 0 saturated heterocycles. The first-order chi connectivity index (χ1) is 9.42. The predicted octanol–water partition coefficient (Wildman–Crippen LogP) is 3.36. The van der Waals surface area contributed by atoms with E-state index in [-0.39, 0.29) is 0 Å². The molecule has 0 saturated carbocycles. The van der Waals surface area contributed by atoms with E-state index in [1.165, 1.54) is 20.5 Å². The summed E-state index contributed by atoms with van der Waals surface area (Å²) in [5, 5.41) is 1.20. The van der Waals surface area contributed by atoms with Gasteiger partial charge in [-0.05, 0) is 24.3 Å². The number of hydrogen-bond acceptors (Lipinski definition) is 3. The minimum Gasteiger partial charge on any atom is -0.395 e. The Bertz CT molecular complexity index is 951. The molecule has 0 unspecified atom stereocenters. The molecule has 0 amide bonds. The number of fused-ring (bicyclic) bond motifs is 7. The summed E-state index contributed by atoms with van der Waals surface area (Å²) in [7, 11) is 0. The van der Waals surface area contributed by atoms with E-state index in [2.05, 4.69) is 39.9 Å². The third-order valence-electron chi connectivity index (χ3n) is 3.64. The average molecular weight is 265 g/mol. The summed E-state index contributed by atoms with van der Waals surface area (Å²) in [4.78, 5) is 5.65. The molecule has 3 nitrogen and oxygen atoms in total. The quantitative estimate of drug-likeness (QED) is 0.402. The Morgan fingerprint density at radius 1 is 1.16 bits per heavy atom. The van der Waals surface area contributed by atoms with Crippen LogP contribution >= 0.6 is 11.3 Å². The summed E-state index contributed by atoms with van der Waals surface area (Å²) >= 11 is 1.79. The third-order valence-corrected chi connectivity index (χ3v) is 4.82. The van der Waals surface area contributed by atoms with Crippen LogP contribution in [-0.4, -0.2) is 4.98 Å². The predicted molar refractivity (Wildman–Crippen MR) is 74.1 cm³/mol. The maximum atomic E-state index is 6.10. The molecule has 0 atom stereocenters. The molecular weight excluding hydrogens is 256 g/mol. The molecule has 4 heterocycles. The number of thiophene rings is 1. The van der Waals surface area contributed by atoms with E-state index in [0.29, 0.717) is 0 Å². The van der Waals surface area contributed by atoms with Gasteiger partial charge in [0.25, 0.3) is 0 Å². The molecule has 3 aromatic heterocycles. The zero-order chi connectivity index (χ0) is 12.4. The Balaban J connectivity index is 1.93. The molecule has 0 fully saturated rings. The van der Waals surface area contributed by atoms with Crippen LogP contribution in [-0.2, 0) is 6.54 Å². The van der Waals surface area contributed by atoms with Crippen LogP contribution in [0, 0.1) is 0 Å². The largest absolute Gasteiger partial charge is 0.402 e. The number of benzene rings is 1. The summed E-state index contributed by atoms with van der Waals surface area (Å²) in [6, 6.07) is 12.5. The van der Waals surface area contributed by atoms with Crippen molar-refractivity contribution < 1.29 is 8.98 Å². The standard InChI is InChI=1S/C15H9N2OS/c1-2-6-11-10(5-1)13-15(19-11)17-8-9-4-3-7-16-12(9)14(17)18-13/h1-7H,8H2/q+1. The first-order valence-electron chi connectivity index (χ1n) is 6.20. The summed E-state index contributed by atoms with van der Waals surface area (Å²) < 4.78 is 9.61. The normalized spacial score (nSPS) is 13.1. The molecule has 0 bridgehead atoms. The second kappa shape index (κ2) is 3.22. The van der Waals surface area contributed by atoms with Crippen LogP contribution in [0.1, 0.15) is 5.56 Å². The molecule has 19 heavy (non-hydrogen) atoms. The van der Waals surface area contributed by atoms with Crippen molar-refractivity contribution in [2.45, 2.75) is 6.54 Å². The van der Waals surface area contributed by atoms with Crippen molar-refractivity contribution in [1.82, 2.24) is 4.98 Å². The Kier molecular flexibility index (Phi) is 1.64. The minimum atomic E-state index is 0.859. The molecule has 0 aliphatic carbocycles. The van der Waals surface area contributed by atoms with Gasteiger partial charge in [-0.15, -0.1) is 4.57 Å². The molecular formula is C15H9N2OS+. The van der Waals surface area contributed by atoms with Crippen molar-refractivity contribution >= 4 is 31.8 Å². The average Bonchev–Trinajstić information content (AvgIpc) is 3.07. The monoisotopic (exact) mass is 265 g/mol. The van der Waals surface area contributed by atoms with Gasteiger partial charge in [0, 0.05) is 16.3 Å². The fraction of sp³-hybridized carbons (Fsp3) is 0.0667. The van der Waals surface area contributed by atoms with Crippen molar-refractivity contribution in [1.29, 1.82) is 0 Å². The van der Waals surface area contributed by atoms with E-state index in [4.69, 9.17) is 4.42 Å². The van der Waals surface area contributed by atoms with Gasteiger partial charge in [0.05, 0.1) is 5.56 Å². The number of rotatable bonds is 0. The van der Waals surface area contributed by atoms with Crippen LogP contribution in [0.4, 0.5) is 0 Å². The third kappa shape index (κ3) is 1.12. The Labute approximate surface area is 112 Å². The molecule has 0 spiro atoms. The second-order valence-corrected chi connectivity index (χ2v) is 5.77. The molecule has 90 valence electrons. The van der Waals surface area contributed by atoms with Crippen LogP contribution in [0.5, 0.6) is 0 Å². The lowest BCUT2D eigenvalue weighted by Gasteiger charge is -1.88. The first kappa shape index (κ1) is 9.69. The lowest BCUT2D eigenvalue weighted by Crippen LogP contribution is -2.29. The maximum Gasteiger partial charge on any atom is 0.402 e. The summed E-state index contributed by atoms with van der Waals surface area (Å²) in [6.45, 7) is 0.859. The van der Waals surface area contributed by atoms with Crippen LogP contribution < -0.4 is 4.57 Å². The molecule has 1 aliphatic heterocycles. The maximum absolute atomic E-state index is 6.10. The molecule has 1 aromatic carbocycles. The van der Waals surface area contributed by atoms with Gasteiger partial charge in [-0.2, -0.15) is 0 Å². The van der Waals surface area contributed by atoms with Gasteiger partial charge >= 0.3 is 10.7 Å². The number of hydrogen-bond donors (Lipinski definition) is 0. The number of nitrogens with zero attached hydrogens (tertiary/aromatic N) is 2. The molecule has 0 radical (unpaired) electrons. The molecule has 4 aromatic rings. The highest BCUT2D eigenvalue weighted by Crippen LogP contribution is 2.37. The van der Waals surface area contributed by atoms with Crippen molar-refractivity contribution in [2.75, 3.05) is 0 Å². The molecule has 4 heteroatoms. The van der Waals surface area contributed by atoms with E-state index in [1.54, 1.807) is 11.3 Å². The fourth-order valence-electron chi connectivity index (χ4n) is 2.78. The highest BCUT2D eigenvalue weighted by molar-refractivity contribution is 7.25. The number of pyridine rings is 1. The van der Waals surface area contributed by atoms with E-state index in [0.717, 1.165) is 23.7 Å². The van der Waals surface area contributed by atoms with Crippen LogP contribution in [0.3, 0.4) is 0 Å². The van der Waals surface area contributed by atoms with Gasteiger partial charge < -0.3 is 4.42 Å². The lowest BCUT2D eigenvalue weighted by atomic mass is 10.2. The first-order valence-corrected chi connectivity index (χ1v) is 7.01. The van der Waals surface area contributed by atoms with Crippen LogP contribution in [0.2, 0.25) is 0 Å². The zero-order valence-electron chi connectivity index (χ0n) is 9.96. The molecule has 0 N–H and O–H groups in total. The van der Waals surface area contributed by atoms with Crippen LogP contribution in [0.25, 0.3) is 32.1 Å². The number of aromatic nitrogens is 2. The SMILES string of the molecule is c1cnc2c(c1)C[n+]1c-2oc2c3ccccc3sc21. The van der Waals surface area contributed by atoms with Crippen molar-refractivity contribution in [3.05, 3.63) is 48.2 Å². The van der Waals surface area contributed by atoms with Crippen LogP contribution in [0.15, 0.2) is 47.0 Å². The smallest absolute Gasteiger partial charge is 0.395 e.